The summed E-state index contributed by atoms with van der Waals surface area (Å²) in [7, 11) is -3.99. The molecular weight excluding hydrogens is 516 g/mol. The van der Waals surface area contributed by atoms with Gasteiger partial charge in [-0.15, -0.1) is 5.10 Å². The van der Waals surface area contributed by atoms with Gasteiger partial charge in [0.1, 0.15) is 11.6 Å². The molecule has 5 rings (SSSR count). The van der Waals surface area contributed by atoms with Gasteiger partial charge in [-0.3, -0.25) is 4.79 Å². The minimum atomic E-state index is -4.56. The predicted molar refractivity (Wildman–Crippen MR) is 124 cm³/mol. The van der Waals surface area contributed by atoms with Crippen LogP contribution < -0.4 is 5.56 Å². The molecule has 1 fully saturated rings. The number of fused-ring (bicyclic) bond motifs is 1. The lowest BCUT2D eigenvalue weighted by molar-refractivity contribution is -0.137. The van der Waals surface area contributed by atoms with Gasteiger partial charge in [-0.25, -0.2) is 22.5 Å². The van der Waals surface area contributed by atoms with Gasteiger partial charge in [-0.05, 0) is 54.8 Å². The molecule has 0 aliphatic carbocycles. The number of H-pyrrole nitrogens is 1. The van der Waals surface area contributed by atoms with Crippen LogP contribution >= 0.6 is 0 Å². The van der Waals surface area contributed by atoms with Crippen molar-refractivity contribution in [2.24, 2.45) is 0 Å². The number of rotatable bonds is 5. The number of hydrogen-bond acceptors (Lipinski definition) is 6. The number of nitrogens with one attached hydrogen (secondary N) is 1. The van der Waals surface area contributed by atoms with E-state index in [2.05, 4.69) is 20.3 Å². The van der Waals surface area contributed by atoms with E-state index in [0.29, 0.717) is 18.7 Å². The molecule has 2 aromatic carbocycles. The fourth-order valence-electron chi connectivity index (χ4n) is 4.28. The third-order valence-corrected chi connectivity index (χ3v) is 8.21. The number of piperidine rings is 1. The molecule has 37 heavy (non-hydrogen) atoms. The van der Waals surface area contributed by atoms with Crippen molar-refractivity contribution in [2.75, 3.05) is 13.1 Å². The Hall–Kier alpha value is -3.65. The SMILES string of the molecule is O=c1[nH]c(C2CCN(S(=O)(=O)c3ccc(C(F)(F)F)cc3)CC2)nc2c1nnn2Cc1ccc(F)cc1. The van der Waals surface area contributed by atoms with Crippen molar-refractivity contribution in [2.45, 2.75) is 36.4 Å². The zero-order valence-electron chi connectivity index (χ0n) is 19.1. The lowest BCUT2D eigenvalue weighted by atomic mass is 9.97. The highest BCUT2D eigenvalue weighted by Crippen LogP contribution is 2.32. The second-order valence-electron chi connectivity index (χ2n) is 8.70. The van der Waals surface area contributed by atoms with Crippen LogP contribution in [-0.2, 0) is 22.7 Å². The average Bonchev–Trinajstić information content (AvgIpc) is 3.28. The number of benzene rings is 2. The van der Waals surface area contributed by atoms with Gasteiger partial charge < -0.3 is 4.98 Å². The Morgan fingerprint density at radius 2 is 1.65 bits per heavy atom. The summed E-state index contributed by atoms with van der Waals surface area (Å²) in [6.45, 7) is 0.419. The molecule has 2 aromatic heterocycles. The summed E-state index contributed by atoms with van der Waals surface area (Å²) >= 11 is 0. The molecule has 1 aliphatic rings. The predicted octanol–water partition coefficient (Wildman–Crippen LogP) is 3.29. The standard InChI is InChI=1S/C23H20F4N6O3S/c24-17-5-1-14(2-6-17)13-33-21-19(30-31-33)22(34)29-20(28-21)15-9-11-32(12-10-15)37(35,36)18-7-3-16(4-8-18)23(25,26)27/h1-8,15H,9-13H2,(H,28,29,34). The molecule has 9 nitrogen and oxygen atoms in total. The first-order valence-electron chi connectivity index (χ1n) is 11.3. The Balaban J connectivity index is 1.33. The third-order valence-electron chi connectivity index (χ3n) is 6.30. The number of sulfonamides is 1. The average molecular weight is 537 g/mol. The smallest absolute Gasteiger partial charge is 0.308 e. The zero-order valence-corrected chi connectivity index (χ0v) is 19.9. The Morgan fingerprint density at radius 3 is 2.27 bits per heavy atom. The normalized spacial score (nSPS) is 15.9. The number of aromatic nitrogens is 5. The van der Waals surface area contributed by atoms with E-state index in [1.54, 1.807) is 12.1 Å². The molecule has 0 bridgehead atoms. The van der Waals surface area contributed by atoms with E-state index in [1.165, 1.54) is 21.1 Å². The number of hydrogen-bond donors (Lipinski definition) is 1. The zero-order chi connectivity index (χ0) is 26.4. The summed E-state index contributed by atoms with van der Waals surface area (Å²) in [5.41, 5.74) is -0.372. The second-order valence-corrected chi connectivity index (χ2v) is 10.6. The molecule has 0 saturated carbocycles. The largest absolute Gasteiger partial charge is 0.416 e. The van der Waals surface area contributed by atoms with Crippen LogP contribution in [0.5, 0.6) is 0 Å². The number of aromatic amines is 1. The van der Waals surface area contributed by atoms with Crippen molar-refractivity contribution in [3.05, 3.63) is 81.7 Å². The van der Waals surface area contributed by atoms with Gasteiger partial charge in [-0.2, -0.15) is 17.5 Å². The highest BCUT2D eigenvalue weighted by Gasteiger charge is 2.33. The number of nitrogens with zero attached hydrogens (tertiary/aromatic N) is 5. The maximum Gasteiger partial charge on any atom is 0.416 e. The molecular formula is C23H20F4N6O3S. The second kappa shape index (κ2) is 9.34. The summed E-state index contributed by atoms with van der Waals surface area (Å²) < 4.78 is 80.2. The highest BCUT2D eigenvalue weighted by molar-refractivity contribution is 7.89. The Labute approximate surface area is 207 Å². The van der Waals surface area contributed by atoms with Gasteiger partial charge in [0, 0.05) is 19.0 Å². The van der Waals surface area contributed by atoms with E-state index in [4.69, 9.17) is 0 Å². The van der Waals surface area contributed by atoms with Gasteiger partial charge >= 0.3 is 6.18 Å². The maximum atomic E-state index is 13.2. The molecule has 1 N–H and O–H groups in total. The summed E-state index contributed by atoms with van der Waals surface area (Å²) in [6.07, 6.45) is -3.88. The minimum Gasteiger partial charge on any atom is -0.308 e. The molecule has 4 aromatic rings. The number of alkyl halides is 3. The Bertz CT molecular complexity index is 1590. The van der Waals surface area contributed by atoms with Gasteiger partial charge in [-0.1, -0.05) is 17.3 Å². The monoisotopic (exact) mass is 536 g/mol. The third kappa shape index (κ3) is 4.98. The van der Waals surface area contributed by atoms with Crippen molar-refractivity contribution in [1.29, 1.82) is 0 Å². The van der Waals surface area contributed by atoms with Crippen molar-refractivity contribution in [3.8, 4) is 0 Å². The summed E-state index contributed by atoms with van der Waals surface area (Å²) in [5, 5.41) is 7.88. The maximum absolute atomic E-state index is 13.2. The van der Waals surface area contributed by atoms with Crippen LogP contribution in [0.15, 0.2) is 58.2 Å². The van der Waals surface area contributed by atoms with Crippen LogP contribution in [0.2, 0.25) is 0 Å². The summed E-state index contributed by atoms with van der Waals surface area (Å²) in [5.74, 6) is -0.271. The Kier molecular flexibility index (Phi) is 6.31. The van der Waals surface area contributed by atoms with E-state index >= 15 is 0 Å². The fourth-order valence-corrected chi connectivity index (χ4v) is 5.75. The molecule has 3 heterocycles. The van der Waals surface area contributed by atoms with Crippen molar-refractivity contribution < 1.29 is 26.0 Å². The van der Waals surface area contributed by atoms with E-state index in [9.17, 15) is 30.8 Å². The highest BCUT2D eigenvalue weighted by atomic mass is 32.2. The molecule has 1 aliphatic heterocycles. The summed E-state index contributed by atoms with van der Waals surface area (Å²) in [6, 6.07) is 9.19. The lowest BCUT2D eigenvalue weighted by Gasteiger charge is -2.30. The van der Waals surface area contributed by atoms with Crippen LogP contribution in [0.1, 0.15) is 35.7 Å². The Morgan fingerprint density at radius 1 is 1.00 bits per heavy atom. The van der Waals surface area contributed by atoms with Crippen LogP contribution in [-0.4, -0.2) is 50.8 Å². The topological polar surface area (TPSA) is 114 Å². The minimum absolute atomic E-state index is 0.0492. The lowest BCUT2D eigenvalue weighted by Crippen LogP contribution is -2.38. The fraction of sp³-hybridized carbons (Fsp3) is 0.304. The first-order chi connectivity index (χ1) is 17.5. The molecule has 0 unspecified atom stereocenters. The van der Waals surface area contributed by atoms with Crippen LogP contribution in [0.3, 0.4) is 0 Å². The summed E-state index contributed by atoms with van der Waals surface area (Å²) in [4.78, 5) is 19.6. The van der Waals surface area contributed by atoms with Crippen molar-refractivity contribution in [1.82, 2.24) is 29.3 Å². The van der Waals surface area contributed by atoms with E-state index in [-0.39, 0.29) is 47.4 Å². The van der Waals surface area contributed by atoms with E-state index in [0.717, 1.165) is 29.8 Å². The van der Waals surface area contributed by atoms with Crippen LogP contribution in [0, 0.1) is 5.82 Å². The molecule has 0 radical (unpaired) electrons. The first-order valence-corrected chi connectivity index (χ1v) is 12.7. The quantitative estimate of drug-likeness (QED) is 0.392. The molecule has 1 saturated heterocycles. The number of halogens is 4. The van der Waals surface area contributed by atoms with Gasteiger partial charge in [0.2, 0.25) is 10.0 Å². The van der Waals surface area contributed by atoms with E-state index in [1.807, 2.05) is 0 Å². The molecule has 0 spiro atoms. The van der Waals surface area contributed by atoms with Crippen molar-refractivity contribution in [3.63, 3.8) is 0 Å². The van der Waals surface area contributed by atoms with Gasteiger partial charge in [0.05, 0.1) is 17.0 Å². The molecule has 14 heteroatoms. The van der Waals surface area contributed by atoms with Crippen LogP contribution in [0.4, 0.5) is 17.6 Å². The molecule has 194 valence electrons. The van der Waals surface area contributed by atoms with Gasteiger partial charge in [0.15, 0.2) is 11.2 Å². The van der Waals surface area contributed by atoms with Crippen LogP contribution in [0.25, 0.3) is 11.2 Å². The van der Waals surface area contributed by atoms with Gasteiger partial charge in [0.25, 0.3) is 5.56 Å². The van der Waals surface area contributed by atoms with E-state index < -0.39 is 27.3 Å². The molecule has 0 atom stereocenters. The molecule has 0 amide bonds. The van der Waals surface area contributed by atoms with Crippen molar-refractivity contribution >= 4 is 21.2 Å². The first kappa shape index (κ1) is 25.0.